The number of nitrogens with zero attached hydrogens (tertiary/aromatic N) is 1. The largest absolute Gasteiger partial charge is 0.534 e. The third-order valence-electron chi connectivity index (χ3n) is 1.83. The van der Waals surface area contributed by atoms with Crippen LogP contribution in [0, 0.1) is 0 Å². The molecule has 0 radical (unpaired) electrons. The SMILES string of the molecule is CC(C)(C)OC(=O)Nc1cccc(OS(=O)(=O)C(F)(F)F)n1. The van der Waals surface area contributed by atoms with Gasteiger partial charge in [-0.2, -0.15) is 26.6 Å². The van der Waals surface area contributed by atoms with E-state index in [9.17, 15) is 26.4 Å². The van der Waals surface area contributed by atoms with Crippen molar-refractivity contribution >= 4 is 22.0 Å². The molecule has 1 heterocycles. The number of carbonyl (C=O) groups is 1. The Hall–Kier alpha value is -2.04. The Balaban J connectivity index is 2.86. The van der Waals surface area contributed by atoms with E-state index in [1.54, 1.807) is 20.8 Å². The van der Waals surface area contributed by atoms with Crippen molar-refractivity contribution in [2.45, 2.75) is 31.9 Å². The quantitative estimate of drug-likeness (QED) is 0.670. The second-order valence-electron chi connectivity index (χ2n) is 4.97. The standard InChI is InChI=1S/C11H13F3N2O5S/c1-10(2,3)20-9(17)16-7-5-4-6-8(15-7)21-22(18,19)11(12,13)14/h4-6H,1-3H3,(H,15,16,17). The molecule has 7 nitrogen and oxygen atoms in total. The Morgan fingerprint density at radius 2 is 1.82 bits per heavy atom. The lowest BCUT2D eigenvalue weighted by Gasteiger charge is -2.19. The van der Waals surface area contributed by atoms with Crippen LogP contribution >= 0.6 is 0 Å². The molecule has 0 aliphatic rings. The average molecular weight is 342 g/mol. The van der Waals surface area contributed by atoms with E-state index in [0.29, 0.717) is 0 Å². The maximum absolute atomic E-state index is 12.2. The number of rotatable bonds is 3. The van der Waals surface area contributed by atoms with Crippen LogP contribution in [0.4, 0.5) is 23.8 Å². The summed E-state index contributed by atoms with van der Waals surface area (Å²) in [6.45, 7) is 4.82. The summed E-state index contributed by atoms with van der Waals surface area (Å²) in [5.74, 6) is -1.07. The molecule has 124 valence electrons. The van der Waals surface area contributed by atoms with Gasteiger partial charge in [-0.05, 0) is 26.8 Å². The zero-order chi connectivity index (χ0) is 17.2. The summed E-state index contributed by atoms with van der Waals surface area (Å²) in [7, 11) is -5.83. The minimum atomic E-state index is -5.83. The number of hydrogen-bond acceptors (Lipinski definition) is 6. The highest BCUT2D eigenvalue weighted by Crippen LogP contribution is 2.26. The number of nitrogens with one attached hydrogen (secondary N) is 1. The molecule has 11 heteroatoms. The lowest BCUT2D eigenvalue weighted by Crippen LogP contribution is -2.29. The van der Waals surface area contributed by atoms with E-state index in [1.165, 1.54) is 6.07 Å². The first kappa shape index (κ1) is 18.0. The third kappa shape index (κ3) is 5.39. The first-order chi connectivity index (χ1) is 9.80. The Labute approximate surface area is 124 Å². The molecule has 1 N–H and O–H groups in total. The van der Waals surface area contributed by atoms with Gasteiger partial charge in [-0.3, -0.25) is 5.32 Å². The Bertz CT molecular complexity index is 652. The highest BCUT2D eigenvalue weighted by atomic mass is 32.2. The maximum Gasteiger partial charge on any atom is 0.534 e. The van der Waals surface area contributed by atoms with Gasteiger partial charge in [0.1, 0.15) is 11.4 Å². The molecule has 0 bridgehead atoms. The minimum absolute atomic E-state index is 0.232. The summed E-state index contributed by atoms with van der Waals surface area (Å²) in [6, 6.07) is 3.27. The number of halogens is 3. The molecule has 0 unspecified atom stereocenters. The van der Waals surface area contributed by atoms with Crippen molar-refractivity contribution in [3.63, 3.8) is 0 Å². The van der Waals surface area contributed by atoms with Crippen molar-refractivity contribution in [2.24, 2.45) is 0 Å². The summed E-state index contributed by atoms with van der Waals surface area (Å²) in [4.78, 5) is 14.9. The Kier molecular flexibility index (Phi) is 4.90. The molecule has 0 spiro atoms. The van der Waals surface area contributed by atoms with Crippen LogP contribution in [-0.4, -0.2) is 30.6 Å². The van der Waals surface area contributed by atoms with Crippen LogP contribution < -0.4 is 9.50 Å². The van der Waals surface area contributed by atoms with E-state index in [2.05, 4.69) is 14.5 Å². The fourth-order valence-electron chi connectivity index (χ4n) is 1.10. The second-order valence-corrected chi connectivity index (χ2v) is 6.51. The van der Waals surface area contributed by atoms with Gasteiger partial charge in [0.15, 0.2) is 0 Å². The molecule has 0 aliphatic carbocycles. The molecule has 1 aromatic heterocycles. The summed E-state index contributed by atoms with van der Waals surface area (Å²) >= 11 is 0. The molecule has 0 fully saturated rings. The van der Waals surface area contributed by atoms with Crippen molar-refractivity contribution in [3.05, 3.63) is 18.2 Å². The lowest BCUT2D eigenvalue weighted by atomic mass is 10.2. The summed E-state index contributed by atoms with van der Waals surface area (Å²) in [5, 5.41) is 2.14. The predicted octanol–water partition coefficient (Wildman–Crippen LogP) is 2.66. The lowest BCUT2D eigenvalue weighted by molar-refractivity contribution is -0.0501. The molecule has 1 aromatic rings. The fraction of sp³-hybridized carbons (Fsp3) is 0.455. The summed E-state index contributed by atoms with van der Waals surface area (Å²) in [5.41, 5.74) is -6.37. The topological polar surface area (TPSA) is 94.6 Å². The van der Waals surface area contributed by atoms with Crippen molar-refractivity contribution in [1.29, 1.82) is 0 Å². The number of pyridine rings is 1. The predicted molar refractivity (Wildman–Crippen MR) is 69.7 cm³/mol. The van der Waals surface area contributed by atoms with Gasteiger partial charge in [0, 0.05) is 6.07 Å². The molecule has 0 aliphatic heterocycles. The number of alkyl halides is 3. The molecule has 0 saturated carbocycles. The van der Waals surface area contributed by atoms with Gasteiger partial charge in [0.25, 0.3) is 0 Å². The normalized spacial score (nSPS) is 12.6. The van der Waals surface area contributed by atoms with Gasteiger partial charge in [-0.15, -0.1) is 0 Å². The van der Waals surface area contributed by atoms with Crippen LogP contribution in [0.3, 0.4) is 0 Å². The Morgan fingerprint density at radius 1 is 1.23 bits per heavy atom. The van der Waals surface area contributed by atoms with Crippen molar-refractivity contribution in [3.8, 4) is 5.88 Å². The van der Waals surface area contributed by atoms with Crippen molar-refractivity contribution in [2.75, 3.05) is 5.32 Å². The monoisotopic (exact) mass is 342 g/mol. The molecule has 0 aromatic carbocycles. The summed E-state index contributed by atoms with van der Waals surface area (Å²) < 4.78 is 67.0. The second kappa shape index (κ2) is 5.99. The van der Waals surface area contributed by atoms with Gasteiger partial charge < -0.3 is 8.92 Å². The maximum atomic E-state index is 12.2. The molecule has 22 heavy (non-hydrogen) atoms. The number of carbonyl (C=O) groups excluding carboxylic acids is 1. The third-order valence-corrected chi connectivity index (χ3v) is 2.79. The van der Waals surface area contributed by atoms with Gasteiger partial charge in [-0.25, -0.2) is 4.79 Å². The molecular weight excluding hydrogens is 329 g/mol. The van der Waals surface area contributed by atoms with Crippen LogP contribution in [0.15, 0.2) is 18.2 Å². The van der Waals surface area contributed by atoms with E-state index >= 15 is 0 Å². The van der Waals surface area contributed by atoms with Gasteiger partial charge in [0.2, 0.25) is 5.88 Å². The number of ether oxygens (including phenoxy) is 1. The van der Waals surface area contributed by atoms with E-state index < -0.39 is 33.2 Å². The molecule has 1 amide bonds. The van der Waals surface area contributed by atoms with Crippen LogP contribution in [-0.2, 0) is 14.9 Å². The minimum Gasteiger partial charge on any atom is -0.444 e. The van der Waals surface area contributed by atoms with Crippen molar-refractivity contribution in [1.82, 2.24) is 4.98 Å². The zero-order valence-electron chi connectivity index (χ0n) is 11.8. The summed E-state index contributed by atoms with van der Waals surface area (Å²) in [6.07, 6.45) is -0.907. The van der Waals surface area contributed by atoms with E-state index in [0.717, 1.165) is 12.1 Å². The van der Waals surface area contributed by atoms with E-state index in [-0.39, 0.29) is 5.82 Å². The number of anilines is 1. The van der Waals surface area contributed by atoms with Gasteiger partial charge in [-0.1, -0.05) is 6.07 Å². The Morgan fingerprint density at radius 3 is 2.32 bits per heavy atom. The van der Waals surface area contributed by atoms with E-state index in [1.807, 2.05) is 0 Å². The molecule has 0 saturated heterocycles. The molecule has 1 rings (SSSR count). The van der Waals surface area contributed by atoms with Gasteiger partial charge in [0.05, 0.1) is 0 Å². The van der Waals surface area contributed by atoms with Crippen LogP contribution in [0.2, 0.25) is 0 Å². The average Bonchev–Trinajstić information content (AvgIpc) is 2.23. The van der Waals surface area contributed by atoms with Gasteiger partial charge >= 0.3 is 21.7 Å². The van der Waals surface area contributed by atoms with Crippen molar-refractivity contribution < 1.29 is 35.3 Å². The number of aromatic nitrogens is 1. The smallest absolute Gasteiger partial charge is 0.444 e. The van der Waals surface area contributed by atoms with E-state index in [4.69, 9.17) is 4.74 Å². The first-order valence-corrected chi connectivity index (χ1v) is 7.19. The number of amides is 1. The molecule has 0 atom stereocenters. The molecular formula is C11H13F3N2O5S. The fourth-order valence-corrected chi connectivity index (χ4v) is 1.51. The van der Waals surface area contributed by atoms with Crippen LogP contribution in [0.1, 0.15) is 20.8 Å². The van der Waals surface area contributed by atoms with Crippen LogP contribution in [0.25, 0.3) is 0 Å². The highest BCUT2D eigenvalue weighted by Gasteiger charge is 2.48. The highest BCUT2D eigenvalue weighted by molar-refractivity contribution is 7.87. The number of hydrogen-bond donors (Lipinski definition) is 1. The van der Waals surface area contributed by atoms with Crippen LogP contribution in [0.5, 0.6) is 5.88 Å². The first-order valence-electron chi connectivity index (χ1n) is 5.78. The zero-order valence-corrected chi connectivity index (χ0v) is 12.6.